The number of carbonyl (C=O) groups is 3. The van der Waals surface area contributed by atoms with E-state index >= 15 is 0 Å². The predicted molar refractivity (Wildman–Crippen MR) is 76.8 cm³/mol. The van der Waals surface area contributed by atoms with Gasteiger partial charge in [-0.05, 0) is 32.9 Å². The summed E-state index contributed by atoms with van der Waals surface area (Å²) in [6.07, 6.45) is 4.41. The van der Waals surface area contributed by atoms with Gasteiger partial charge in [-0.15, -0.1) is 6.42 Å². The van der Waals surface area contributed by atoms with Crippen molar-refractivity contribution in [3.63, 3.8) is 0 Å². The summed E-state index contributed by atoms with van der Waals surface area (Å²) in [6.45, 7) is 0.858. The number of carboxylic acids is 3. The monoisotopic (exact) mass is 357 g/mol. The van der Waals surface area contributed by atoms with E-state index in [9.17, 15) is 19.2 Å². The molecule has 0 heterocycles. The summed E-state index contributed by atoms with van der Waals surface area (Å²) in [5.41, 5.74) is 0. The van der Waals surface area contributed by atoms with Crippen molar-refractivity contribution in [3.8, 4) is 0 Å². The quantitative estimate of drug-likeness (QED) is 0.105. The topological polar surface area (TPSA) is 153 Å². The van der Waals surface area contributed by atoms with Crippen LogP contribution in [-0.2, 0) is 19.2 Å². The minimum Gasteiger partial charge on any atom is -0.520 e. The Hall–Kier alpha value is -0.654. The molecule has 5 N–H and O–H groups in total. The Kier molecular flexibility index (Phi) is 22.9. The first-order chi connectivity index (χ1) is 10.3. The Morgan fingerprint density at radius 1 is 1.17 bits per heavy atom. The van der Waals surface area contributed by atoms with Crippen LogP contribution >= 0.6 is 0 Å². The van der Waals surface area contributed by atoms with Crippen LogP contribution in [0.15, 0.2) is 0 Å². The molecule has 9 nitrogen and oxygen atoms in total. The fraction of sp³-hybridized carbons (Fsp3) is 0.615. The summed E-state index contributed by atoms with van der Waals surface area (Å²) in [7, 11) is 1.84. The first-order valence-electron chi connectivity index (χ1n) is 6.63. The van der Waals surface area contributed by atoms with Crippen molar-refractivity contribution in [2.75, 3.05) is 13.6 Å². The Morgan fingerprint density at radius 3 is 2.17 bits per heavy atom. The Morgan fingerprint density at radius 2 is 1.78 bits per heavy atom. The summed E-state index contributed by atoms with van der Waals surface area (Å²) < 4.78 is 0. The minimum atomic E-state index is -1.07. The van der Waals surface area contributed by atoms with Crippen LogP contribution in [-0.4, -0.2) is 59.3 Å². The first kappa shape index (κ1) is 27.2. The van der Waals surface area contributed by atoms with Gasteiger partial charge in [-0.3, -0.25) is 20.8 Å². The number of hydrogen-bond acceptors (Lipinski definition) is 5. The molecule has 0 rings (SSSR count). The van der Waals surface area contributed by atoms with Gasteiger partial charge in [0.05, 0.1) is 6.04 Å². The number of nitrogens with one attached hydrogen (secondary N) is 2. The smallest absolute Gasteiger partial charge is 0.520 e. The van der Waals surface area contributed by atoms with Gasteiger partial charge in [-0.1, -0.05) is 0 Å². The van der Waals surface area contributed by atoms with Gasteiger partial charge in [0.25, 0.3) is 0 Å². The molecule has 0 fully saturated rings. The Labute approximate surface area is 177 Å². The second-order valence-corrected chi connectivity index (χ2v) is 4.21. The van der Waals surface area contributed by atoms with Crippen LogP contribution in [0.4, 0.5) is 0 Å². The largest absolute Gasteiger partial charge is 1.00 e. The van der Waals surface area contributed by atoms with E-state index in [-0.39, 0.29) is 64.2 Å². The summed E-state index contributed by atoms with van der Waals surface area (Å²) in [6, 6.07) is -0.797. The normalized spacial score (nSPS) is 10.1. The maximum atomic E-state index is 10.5. The third kappa shape index (κ3) is 23.7. The van der Waals surface area contributed by atoms with Crippen LogP contribution in [0.3, 0.4) is 0 Å². The van der Waals surface area contributed by atoms with Crippen LogP contribution in [0, 0.1) is 6.42 Å². The molecule has 0 aliphatic carbocycles. The average Bonchev–Trinajstić information content (AvgIpc) is 2.42. The van der Waals surface area contributed by atoms with E-state index in [0.717, 1.165) is 25.8 Å². The van der Waals surface area contributed by atoms with E-state index in [4.69, 9.17) is 15.3 Å². The van der Waals surface area contributed by atoms with Gasteiger partial charge in [0.2, 0.25) is 0 Å². The Balaban J connectivity index is -0.000000354. The standard InChI is InChI=1S/C8H15N2O3.C5H7O4.K/c1-9-5-3-2-4-7(8(12)13)10-6-11;6-4(7)2-1-3-5(8)9;/h7,9H,2-5H2,1H3,(H,10,11)(H,12,13);2H,1,3H2,(H,6,7)(H,8,9);/q2*-1;+1/t7-;;/m0../s1. The van der Waals surface area contributed by atoms with Gasteiger partial charge in [0.15, 0.2) is 5.97 Å². The molecule has 0 radical (unpaired) electrons. The molecule has 0 saturated heterocycles. The summed E-state index contributed by atoms with van der Waals surface area (Å²) in [4.78, 5) is 39.9. The second-order valence-electron chi connectivity index (χ2n) is 4.21. The second kappa shape index (κ2) is 19.4. The van der Waals surface area contributed by atoms with Gasteiger partial charge in [0, 0.05) is 6.42 Å². The molecule has 0 aliphatic heterocycles. The van der Waals surface area contributed by atoms with Crippen LogP contribution in [0.1, 0.15) is 32.1 Å². The van der Waals surface area contributed by atoms with Crippen LogP contribution in [0.5, 0.6) is 0 Å². The summed E-state index contributed by atoms with van der Waals surface area (Å²) in [5.74, 6) is -3.06. The third-order valence-corrected chi connectivity index (χ3v) is 2.38. The number of amides is 1. The van der Waals surface area contributed by atoms with E-state index in [1.807, 2.05) is 7.05 Å². The predicted octanol–water partition coefficient (Wildman–Crippen LogP) is -3.37. The van der Waals surface area contributed by atoms with Gasteiger partial charge in [-0.2, -0.15) is 6.41 Å². The van der Waals surface area contributed by atoms with Crippen molar-refractivity contribution in [2.45, 2.75) is 38.1 Å². The zero-order valence-corrected chi connectivity index (χ0v) is 16.5. The molecule has 0 aromatic rings. The number of carbonyl (C=O) groups excluding carboxylic acids is 1. The third-order valence-electron chi connectivity index (χ3n) is 2.38. The average molecular weight is 357 g/mol. The number of carboxylic acid groups (broad SMARTS) is 3. The van der Waals surface area contributed by atoms with E-state index in [0.29, 0.717) is 6.42 Å². The molecule has 128 valence electrons. The Bertz CT molecular complexity index is 339. The van der Waals surface area contributed by atoms with Crippen molar-refractivity contribution in [1.82, 2.24) is 10.6 Å². The zero-order chi connectivity index (χ0) is 17.4. The molecule has 0 saturated carbocycles. The molecule has 23 heavy (non-hydrogen) atoms. The fourth-order valence-corrected chi connectivity index (χ4v) is 1.30. The number of rotatable bonds is 12. The van der Waals surface area contributed by atoms with E-state index in [1.54, 1.807) is 0 Å². The molecule has 1 amide bonds. The number of aliphatic carboxylic acids is 3. The van der Waals surface area contributed by atoms with Crippen LogP contribution in [0.25, 0.3) is 0 Å². The molecular formula is C13H22KN2O7-. The summed E-state index contributed by atoms with van der Waals surface area (Å²) >= 11 is 0. The minimum absolute atomic E-state index is 0. The van der Waals surface area contributed by atoms with Crippen LogP contribution < -0.4 is 62.0 Å². The van der Waals surface area contributed by atoms with Crippen molar-refractivity contribution in [2.24, 2.45) is 0 Å². The van der Waals surface area contributed by atoms with Crippen molar-refractivity contribution in [1.29, 1.82) is 0 Å². The number of hydrogen-bond donors (Lipinski definition) is 5. The van der Waals surface area contributed by atoms with Crippen molar-refractivity contribution < 1.29 is 85.9 Å². The van der Waals surface area contributed by atoms with E-state index in [2.05, 4.69) is 10.6 Å². The molecule has 0 bridgehead atoms. The van der Waals surface area contributed by atoms with Crippen molar-refractivity contribution >= 4 is 24.3 Å². The zero-order valence-electron chi connectivity index (χ0n) is 13.4. The van der Waals surface area contributed by atoms with Crippen LogP contribution in [0.2, 0.25) is 0 Å². The van der Waals surface area contributed by atoms with Gasteiger partial charge >= 0.3 is 63.3 Å². The molecule has 0 unspecified atom stereocenters. The van der Waals surface area contributed by atoms with E-state index in [1.165, 1.54) is 6.41 Å². The summed E-state index contributed by atoms with van der Waals surface area (Å²) in [5, 5.41) is 29.7. The SMILES string of the molecule is CNCCCC[C@H](N[C-]=O)C(=O)O.O=C(O)[CH-]CCC(=O)O.[K+]. The molecule has 1 atom stereocenters. The molecule has 0 aliphatic rings. The van der Waals surface area contributed by atoms with Gasteiger partial charge in [0.1, 0.15) is 0 Å². The first-order valence-corrected chi connectivity index (χ1v) is 6.63. The fourth-order valence-electron chi connectivity index (χ4n) is 1.30. The number of unbranched alkanes of at least 4 members (excludes halogenated alkanes) is 1. The molecular weight excluding hydrogens is 335 g/mol. The van der Waals surface area contributed by atoms with Crippen molar-refractivity contribution in [3.05, 3.63) is 6.42 Å². The van der Waals surface area contributed by atoms with E-state index < -0.39 is 23.9 Å². The molecule has 0 aromatic carbocycles. The maximum absolute atomic E-state index is 10.5. The molecule has 10 heteroatoms. The molecule has 0 spiro atoms. The van der Waals surface area contributed by atoms with Gasteiger partial charge in [-0.25, -0.2) is 0 Å². The maximum Gasteiger partial charge on any atom is 1.00 e. The molecule has 0 aromatic heterocycles. The van der Waals surface area contributed by atoms with Gasteiger partial charge < -0.3 is 30.7 Å².